The second-order valence-corrected chi connectivity index (χ2v) is 5.89. The number of benzene rings is 2. The molecule has 0 saturated heterocycles. The van der Waals surface area contributed by atoms with Gasteiger partial charge in [0.25, 0.3) is 5.91 Å². The highest BCUT2D eigenvalue weighted by Gasteiger charge is 2.08. The van der Waals surface area contributed by atoms with E-state index in [4.69, 9.17) is 21.1 Å². The number of nitrogens with zero attached hydrogens (tertiary/aromatic N) is 1. The summed E-state index contributed by atoms with van der Waals surface area (Å²) in [5, 5.41) is 14.1. The van der Waals surface area contributed by atoms with Crippen LogP contribution in [0, 0.1) is 13.8 Å². The number of aryl methyl sites for hydroxylation is 2. The maximum absolute atomic E-state index is 11.8. The third-order valence-electron chi connectivity index (χ3n) is 3.25. The molecule has 2 N–H and O–H groups in total. The van der Waals surface area contributed by atoms with Crippen LogP contribution in [0.15, 0.2) is 35.4 Å². The van der Waals surface area contributed by atoms with Gasteiger partial charge in [-0.25, -0.2) is 5.43 Å². The Bertz CT molecular complexity index is 786. The van der Waals surface area contributed by atoms with Gasteiger partial charge in [-0.3, -0.25) is 4.79 Å². The van der Waals surface area contributed by atoms with Crippen LogP contribution in [0.5, 0.6) is 17.2 Å². The van der Waals surface area contributed by atoms with Crippen molar-refractivity contribution in [3.05, 3.63) is 52.0 Å². The molecule has 0 aliphatic heterocycles. The number of carbonyl (C=O) groups excluding carboxylic acids is 1. The number of hydrogen-bond donors (Lipinski definition) is 2. The molecule has 6 nitrogen and oxygen atoms in total. The van der Waals surface area contributed by atoms with E-state index < -0.39 is 5.91 Å². The first kappa shape index (κ1) is 18.6. The minimum atomic E-state index is -0.427. The topological polar surface area (TPSA) is 80.2 Å². The molecule has 0 aliphatic carbocycles. The molecule has 0 aromatic heterocycles. The third kappa shape index (κ3) is 5.39. The van der Waals surface area contributed by atoms with E-state index in [1.807, 2.05) is 32.0 Å². The zero-order valence-electron chi connectivity index (χ0n) is 14.2. The Morgan fingerprint density at radius 3 is 2.56 bits per heavy atom. The molecule has 2 aromatic rings. The fourth-order valence-electron chi connectivity index (χ4n) is 2.22. The summed E-state index contributed by atoms with van der Waals surface area (Å²) in [6, 6.07) is 8.69. The fraction of sp³-hybridized carbons (Fsp3) is 0.222. The van der Waals surface area contributed by atoms with Crippen molar-refractivity contribution in [1.82, 2.24) is 5.43 Å². The molecule has 0 spiro atoms. The SMILES string of the molecule is COc1cc(Cl)cc(C=NNC(=O)COc2cc(C)cc(C)c2)c1O. The molecule has 0 bridgehead atoms. The van der Waals surface area contributed by atoms with Gasteiger partial charge in [0.2, 0.25) is 0 Å². The van der Waals surface area contributed by atoms with Gasteiger partial charge in [-0.05, 0) is 43.2 Å². The van der Waals surface area contributed by atoms with Crippen LogP contribution in [-0.4, -0.2) is 30.9 Å². The molecule has 0 aliphatic rings. The van der Waals surface area contributed by atoms with Gasteiger partial charge in [-0.15, -0.1) is 0 Å². The van der Waals surface area contributed by atoms with Crippen LogP contribution in [0.25, 0.3) is 0 Å². The zero-order chi connectivity index (χ0) is 18.4. The number of carbonyl (C=O) groups is 1. The first-order valence-corrected chi connectivity index (χ1v) is 7.86. The van der Waals surface area contributed by atoms with Crippen LogP contribution < -0.4 is 14.9 Å². The number of aromatic hydroxyl groups is 1. The monoisotopic (exact) mass is 362 g/mol. The van der Waals surface area contributed by atoms with E-state index in [0.717, 1.165) is 11.1 Å². The number of methoxy groups -OCH3 is 1. The van der Waals surface area contributed by atoms with E-state index >= 15 is 0 Å². The van der Waals surface area contributed by atoms with Crippen LogP contribution >= 0.6 is 11.6 Å². The van der Waals surface area contributed by atoms with Crippen LogP contribution in [0.3, 0.4) is 0 Å². The van der Waals surface area contributed by atoms with Gasteiger partial charge in [-0.2, -0.15) is 5.10 Å². The summed E-state index contributed by atoms with van der Waals surface area (Å²) in [5.74, 6) is 0.299. The van der Waals surface area contributed by atoms with Gasteiger partial charge >= 0.3 is 0 Å². The predicted octanol–water partition coefficient (Wildman–Crippen LogP) is 3.20. The van der Waals surface area contributed by atoms with E-state index in [2.05, 4.69) is 10.5 Å². The van der Waals surface area contributed by atoms with Crippen molar-refractivity contribution < 1.29 is 19.4 Å². The Hall–Kier alpha value is -2.73. The van der Waals surface area contributed by atoms with E-state index in [1.165, 1.54) is 25.5 Å². The molecule has 132 valence electrons. The number of phenols is 1. The second-order valence-electron chi connectivity index (χ2n) is 5.45. The summed E-state index contributed by atoms with van der Waals surface area (Å²) >= 11 is 5.93. The Balaban J connectivity index is 1.93. The summed E-state index contributed by atoms with van der Waals surface area (Å²) < 4.78 is 10.4. The summed E-state index contributed by atoms with van der Waals surface area (Å²) in [6.07, 6.45) is 1.28. The number of hydrazone groups is 1. The molecular formula is C18H19ClN2O4. The van der Waals surface area contributed by atoms with E-state index in [9.17, 15) is 9.90 Å². The van der Waals surface area contributed by atoms with Crippen molar-refractivity contribution in [2.24, 2.45) is 5.10 Å². The van der Waals surface area contributed by atoms with Crippen molar-refractivity contribution in [3.63, 3.8) is 0 Å². The highest BCUT2D eigenvalue weighted by molar-refractivity contribution is 6.31. The van der Waals surface area contributed by atoms with Gasteiger partial charge in [-0.1, -0.05) is 17.7 Å². The molecule has 25 heavy (non-hydrogen) atoms. The molecule has 0 saturated carbocycles. The normalized spacial score (nSPS) is 10.7. The van der Waals surface area contributed by atoms with E-state index in [-0.39, 0.29) is 18.1 Å². The molecular weight excluding hydrogens is 344 g/mol. The van der Waals surface area contributed by atoms with Crippen LogP contribution in [-0.2, 0) is 4.79 Å². The molecule has 2 aromatic carbocycles. The Labute approximate surface area is 151 Å². The molecule has 0 heterocycles. The minimum Gasteiger partial charge on any atom is -0.504 e. The minimum absolute atomic E-state index is 0.114. The number of phenolic OH excluding ortho intramolecular Hbond substituents is 1. The van der Waals surface area contributed by atoms with Crippen molar-refractivity contribution >= 4 is 23.7 Å². The zero-order valence-corrected chi connectivity index (χ0v) is 14.9. The van der Waals surface area contributed by atoms with Gasteiger partial charge in [0, 0.05) is 16.7 Å². The number of amides is 1. The lowest BCUT2D eigenvalue weighted by atomic mass is 10.1. The summed E-state index contributed by atoms with van der Waals surface area (Å²) in [6.45, 7) is 3.73. The fourth-order valence-corrected chi connectivity index (χ4v) is 2.44. The lowest BCUT2D eigenvalue weighted by Gasteiger charge is -2.08. The van der Waals surface area contributed by atoms with Crippen LogP contribution in [0.4, 0.5) is 0 Å². The highest BCUT2D eigenvalue weighted by atomic mass is 35.5. The molecule has 7 heteroatoms. The molecule has 0 atom stereocenters. The second kappa shape index (κ2) is 8.39. The summed E-state index contributed by atoms with van der Waals surface area (Å²) in [5.41, 5.74) is 4.75. The van der Waals surface area contributed by atoms with Gasteiger partial charge < -0.3 is 14.6 Å². The molecule has 1 amide bonds. The Morgan fingerprint density at radius 2 is 1.92 bits per heavy atom. The first-order valence-electron chi connectivity index (χ1n) is 7.48. The Morgan fingerprint density at radius 1 is 1.24 bits per heavy atom. The number of ether oxygens (including phenoxy) is 2. The van der Waals surface area contributed by atoms with Gasteiger partial charge in [0.15, 0.2) is 18.1 Å². The van der Waals surface area contributed by atoms with Crippen molar-refractivity contribution in [3.8, 4) is 17.2 Å². The standard InChI is InChI=1S/C18H19ClN2O4/c1-11-4-12(2)6-15(5-11)25-10-17(22)21-20-9-13-7-14(19)8-16(24-3)18(13)23/h4-9,23H,10H2,1-3H3,(H,21,22). The van der Waals surface area contributed by atoms with Crippen LogP contribution in [0.1, 0.15) is 16.7 Å². The lowest BCUT2D eigenvalue weighted by Crippen LogP contribution is -2.24. The van der Waals surface area contributed by atoms with Gasteiger partial charge in [0.1, 0.15) is 5.75 Å². The lowest BCUT2D eigenvalue weighted by molar-refractivity contribution is -0.123. The van der Waals surface area contributed by atoms with Gasteiger partial charge in [0.05, 0.1) is 13.3 Å². The summed E-state index contributed by atoms with van der Waals surface area (Å²) in [7, 11) is 1.42. The number of nitrogens with one attached hydrogen (secondary N) is 1. The van der Waals surface area contributed by atoms with Crippen molar-refractivity contribution in [1.29, 1.82) is 0 Å². The average molecular weight is 363 g/mol. The van der Waals surface area contributed by atoms with Crippen LogP contribution in [0.2, 0.25) is 5.02 Å². The smallest absolute Gasteiger partial charge is 0.277 e. The molecule has 0 unspecified atom stereocenters. The first-order chi connectivity index (χ1) is 11.9. The number of hydrogen-bond acceptors (Lipinski definition) is 5. The quantitative estimate of drug-likeness (QED) is 0.611. The third-order valence-corrected chi connectivity index (χ3v) is 3.47. The maximum Gasteiger partial charge on any atom is 0.277 e. The predicted molar refractivity (Wildman–Crippen MR) is 96.8 cm³/mol. The largest absolute Gasteiger partial charge is 0.504 e. The highest BCUT2D eigenvalue weighted by Crippen LogP contribution is 2.32. The number of rotatable bonds is 6. The van der Waals surface area contributed by atoms with Crippen molar-refractivity contribution in [2.45, 2.75) is 13.8 Å². The maximum atomic E-state index is 11.8. The molecule has 2 rings (SSSR count). The van der Waals surface area contributed by atoms with E-state index in [0.29, 0.717) is 16.3 Å². The molecule has 0 fully saturated rings. The molecule has 0 radical (unpaired) electrons. The van der Waals surface area contributed by atoms with Crippen molar-refractivity contribution in [2.75, 3.05) is 13.7 Å². The summed E-state index contributed by atoms with van der Waals surface area (Å²) in [4.78, 5) is 11.8. The number of halogens is 1. The van der Waals surface area contributed by atoms with E-state index in [1.54, 1.807) is 0 Å². The average Bonchev–Trinajstić information content (AvgIpc) is 2.55. The Kier molecular flexibility index (Phi) is 6.25.